The number of hydrogen-bond acceptors (Lipinski definition) is 3. The molecule has 1 aromatic carbocycles. The van der Waals surface area contributed by atoms with E-state index in [0.717, 1.165) is 35.8 Å². The van der Waals surface area contributed by atoms with Crippen LogP contribution in [0.2, 0.25) is 0 Å². The SMILES string of the molecule is CC1CCCC(Oc2ccc3c(c2)OC(C)(C)CC3O)C1. The largest absolute Gasteiger partial charge is 0.490 e. The summed E-state index contributed by atoms with van der Waals surface area (Å²) in [6, 6.07) is 5.85. The third-order valence-corrected chi connectivity index (χ3v) is 4.61. The zero-order chi connectivity index (χ0) is 15.0. The Bertz CT molecular complexity index is 509. The maximum absolute atomic E-state index is 10.2. The van der Waals surface area contributed by atoms with Gasteiger partial charge in [0, 0.05) is 18.1 Å². The van der Waals surface area contributed by atoms with Crippen LogP contribution in [0.4, 0.5) is 0 Å². The molecule has 116 valence electrons. The highest BCUT2D eigenvalue weighted by Crippen LogP contribution is 2.41. The second-order valence-electron chi connectivity index (χ2n) is 7.29. The van der Waals surface area contributed by atoms with Gasteiger partial charge in [0.05, 0.1) is 12.2 Å². The summed E-state index contributed by atoms with van der Waals surface area (Å²) in [5.41, 5.74) is 0.545. The van der Waals surface area contributed by atoms with E-state index in [4.69, 9.17) is 9.47 Å². The molecular weight excluding hydrogens is 264 g/mol. The summed E-state index contributed by atoms with van der Waals surface area (Å²) in [5.74, 6) is 2.37. The summed E-state index contributed by atoms with van der Waals surface area (Å²) in [4.78, 5) is 0. The molecule has 1 aliphatic heterocycles. The minimum absolute atomic E-state index is 0.313. The summed E-state index contributed by atoms with van der Waals surface area (Å²) in [6.07, 6.45) is 5.32. The number of aliphatic hydroxyl groups is 1. The van der Waals surface area contributed by atoms with Crippen molar-refractivity contribution in [1.82, 2.24) is 0 Å². The molecular formula is C18H26O3. The van der Waals surface area contributed by atoms with Crippen LogP contribution in [0.5, 0.6) is 11.5 Å². The van der Waals surface area contributed by atoms with Gasteiger partial charge in [0.1, 0.15) is 17.1 Å². The molecule has 0 saturated heterocycles. The minimum Gasteiger partial charge on any atom is -0.490 e. The highest BCUT2D eigenvalue weighted by atomic mass is 16.5. The third kappa shape index (κ3) is 3.34. The molecule has 2 aliphatic rings. The van der Waals surface area contributed by atoms with Crippen molar-refractivity contribution in [3.8, 4) is 11.5 Å². The molecule has 1 saturated carbocycles. The Morgan fingerprint density at radius 1 is 1.29 bits per heavy atom. The third-order valence-electron chi connectivity index (χ3n) is 4.61. The first-order valence-corrected chi connectivity index (χ1v) is 8.11. The second-order valence-corrected chi connectivity index (χ2v) is 7.29. The molecule has 0 radical (unpaired) electrons. The summed E-state index contributed by atoms with van der Waals surface area (Å²) in [7, 11) is 0. The molecule has 3 heteroatoms. The van der Waals surface area contributed by atoms with Crippen molar-refractivity contribution < 1.29 is 14.6 Å². The van der Waals surface area contributed by atoms with Gasteiger partial charge >= 0.3 is 0 Å². The van der Waals surface area contributed by atoms with Crippen molar-refractivity contribution in [2.45, 2.75) is 70.7 Å². The zero-order valence-corrected chi connectivity index (χ0v) is 13.3. The van der Waals surface area contributed by atoms with E-state index in [1.165, 1.54) is 12.8 Å². The lowest BCUT2D eigenvalue weighted by atomic mass is 9.88. The molecule has 1 heterocycles. The summed E-state index contributed by atoms with van der Waals surface area (Å²) in [5, 5.41) is 10.2. The van der Waals surface area contributed by atoms with Crippen LogP contribution >= 0.6 is 0 Å². The first kappa shape index (κ1) is 14.7. The highest BCUT2D eigenvalue weighted by Gasteiger charge is 2.33. The molecule has 1 aromatic rings. The number of ether oxygens (including phenoxy) is 2. The predicted octanol–water partition coefficient (Wildman–Crippen LogP) is 4.24. The van der Waals surface area contributed by atoms with Gasteiger partial charge < -0.3 is 14.6 Å². The second kappa shape index (κ2) is 5.53. The molecule has 0 spiro atoms. The zero-order valence-electron chi connectivity index (χ0n) is 13.3. The fraction of sp³-hybridized carbons (Fsp3) is 0.667. The van der Waals surface area contributed by atoms with Crippen LogP contribution in [-0.4, -0.2) is 16.8 Å². The Hall–Kier alpha value is -1.22. The quantitative estimate of drug-likeness (QED) is 0.885. The van der Waals surface area contributed by atoms with Crippen molar-refractivity contribution in [3.63, 3.8) is 0 Å². The van der Waals surface area contributed by atoms with Gasteiger partial charge in [-0.15, -0.1) is 0 Å². The molecule has 1 N–H and O–H groups in total. The van der Waals surface area contributed by atoms with Crippen LogP contribution in [0.25, 0.3) is 0 Å². The number of fused-ring (bicyclic) bond motifs is 1. The number of benzene rings is 1. The summed E-state index contributed by atoms with van der Waals surface area (Å²) >= 11 is 0. The van der Waals surface area contributed by atoms with Gasteiger partial charge in [0.25, 0.3) is 0 Å². The average Bonchev–Trinajstić information content (AvgIpc) is 2.36. The van der Waals surface area contributed by atoms with Crippen LogP contribution in [0.3, 0.4) is 0 Å². The van der Waals surface area contributed by atoms with Crippen LogP contribution in [0.15, 0.2) is 18.2 Å². The lowest BCUT2D eigenvalue weighted by molar-refractivity contribution is 0.0111. The average molecular weight is 290 g/mol. The van der Waals surface area contributed by atoms with Crippen molar-refractivity contribution in [1.29, 1.82) is 0 Å². The fourth-order valence-electron chi connectivity index (χ4n) is 3.54. The Balaban J connectivity index is 1.76. The lowest BCUT2D eigenvalue weighted by Gasteiger charge is -2.36. The van der Waals surface area contributed by atoms with Gasteiger partial charge in [-0.05, 0) is 51.2 Å². The lowest BCUT2D eigenvalue weighted by Crippen LogP contribution is -2.34. The first-order chi connectivity index (χ1) is 9.93. The summed E-state index contributed by atoms with van der Waals surface area (Å²) in [6.45, 7) is 6.31. The normalized spacial score (nSPS) is 31.1. The molecule has 21 heavy (non-hydrogen) atoms. The van der Waals surface area contributed by atoms with E-state index >= 15 is 0 Å². The van der Waals surface area contributed by atoms with Crippen LogP contribution in [0.1, 0.15) is 64.5 Å². The molecule has 3 unspecified atom stereocenters. The van der Waals surface area contributed by atoms with Crippen LogP contribution in [0, 0.1) is 5.92 Å². The molecule has 0 amide bonds. The van der Waals surface area contributed by atoms with Gasteiger partial charge in [-0.1, -0.05) is 13.3 Å². The molecule has 1 aliphatic carbocycles. The van der Waals surface area contributed by atoms with Gasteiger partial charge in [-0.3, -0.25) is 0 Å². The molecule has 0 aromatic heterocycles. The number of rotatable bonds is 2. The van der Waals surface area contributed by atoms with E-state index in [1.807, 2.05) is 32.0 Å². The predicted molar refractivity (Wildman–Crippen MR) is 82.8 cm³/mol. The van der Waals surface area contributed by atoms with Gasteiger partial charge in [0.2, 0.25) is 0 Å². The topological polar surface area (TPSA) is 38.7 Å². The molecule has 0 bridgehead atoms. The Kier molecular flexibility index (Phi) is 3.87. The Labute approximate surface area is 127 Å². The smallest absolute Gasteiger partial charge is 0.129 e. The van der Waals surface area contributed by atoms with Crippen LogP contribution in [-0.2, 0) is 0 Å². The monoisotopic (exact) mass is 290 g/mol. The van der Waals surface area contributed by atoms with Crippen LogP contribution < -0.4 is 9.47 Å². The maximum Gasteiger partial charge on any atom is 0.129 e. The summed E-state index contributed by atoms with van der Waals surface area (Å²) < 4.78 is 12.1. The molecule has 3 nitrogen and oxygen atoms in total. The van der Waals surface area contributed by atoms with E-state index < -0.39 is 6.10 Å². The Morgan fingerprint density at radius 2 is 2.10 bits per heavy atom. The standard InChI is InChI=1S/C18H26O3/c1-12-5-4-6-13(9-12)20-14-7-8-15-16(19)11-18(2,3)21-17(15)10-14/h7-8,10,12-13,16,19H,4-6,9,11H2,1-3H3. The maximum atomic E-state index is 10.2. The van der Waals surface area contributed by atoms with E-state index in [9.17, 15) is 5.11 Å². The Morgan fingerprint density at radius 3 is 2.86 bits per heavy atom. The van der Waals surface area contributed by atoms with Gasteiger partial charge in [0.15, 0.2) is 0 Å². The minimum atomic E-state index is -0.451. The number of hydrogen-bond donors (Lipinski definition) is 1. The van der Waals surface area contributed by atoms with E-state index in [1.54, 1.807) is 0 Å². The van der Waals surface area contributed by atoms with Crippen molar-refractivity contribution in [2.75, 3.05) is 0 Å². The van der Waals surface area contributed by atoms with Crippen molar-refractivity contribution in [2.24, 2.45) is 5.92 Å². The van der Waals surface area contributed by atoms with Crippen molar-refractivity contribution >= 4 is 0 Å². The van der Waals surface area contributed by atoms with E-state index in [0.29, 0.717) is 12.5 Å². The van der Waals surface area contributed by atoms with Crippen molar-refractivity contribution in [3.05, 3.63) is 23.8 Å². The van der Waals surface area contributed by atoms with Gasteiger partial charge in [-0.25, -0.2) is 0 Å². The number of aliphatic hydroxyl groups excluding tert-OH is 1. The molecule has 3 rings (SSSR count). The van der Waals surface area contributed by atoms with E-state index in [2.05, 4.69) is 6.92 Å². The fourth-order valence-corrected chi connectivity index (χ4v) is 3.54. The van der Waals surface area contributed by atoms with Gasteiger partial charge in [-0.2, -0.15) is 0 Å². The molecule has 1 fully saturated rings. The highest BCUT2D eigenvalue weighted by molar-refractivity contribution is 5.44. The molecule has 3 atom stereocenters. The van der Waals surface area contributed by atoms with E-state index in [-0.39, 0.29) is 5.60 Å². The first-order valence-electron chi connectivity index (χ1n) is 8.11.